The van der Waals surface area contributed by atoms with Gasteiger partial charge < -0.3 is 25.0 Å². The Bertz CT molecular complexity index is 910. The molecule has 1 saturated carbocycles. The molecular formula is C29H47N3O6. The standard InChI is InChI=1S/C29H47N3O6/c1-7-37-26(35)29-17-21(29)13-11-9-8-10-12-14-22(30-27(36)38-28(4,5)6)25(34)32-18-20(15-19(2)3)16-23(32)24(33)31-29/h11,13,19-23H,7-10,12,14-18H2,1-6H3,(H,30,36)(H,31,33)/b13-11-/t20-,21+,22+,23+,29-/m1/s1. The highest BCUT2D eigenvalue weighted by atomic mass is 16.6. The van der Waals surface area contributed by atoms with Gasteiger partial charge in [-0.2, -0.15) is 0 Å². The number of hydrogen-bond donors (Lipinski definition) is 2. The third-order valence-corrected chi connectivity index (χ3v) is 7.50. The topological polar surface area (TPSA) is 114 Å². The van der Waals surface area contributed by atoms with Gasteiger partial charge in [-0.25, -0.2) is 9.59 Å². The van der Waals surface area contributed by atoms with Gasteiger partial charge in [-0.3, -0.25) is 9.59 Å². The van der Waals surface area contributed by atoms with Crippen LogP contribution in [0.2, 0.25) is 0 Å². The van der Waals surface area contributed by atoms with Gasteiger partial charge in [-0.05, 0) is 78.1 Å². The molecule has 0 radical (unpaired) electrons. The van der Waals surface area contributed by atoms with Crippen molar-refractivity contribution < 1.29 is 28.7 Å². The molecule has 9 nitrogen and oxygen atoms in total. The molecule has 2 fully saturated rings. The predicted molar refractivity (Wildman–Crippen MR) is 144 cm³/mol. The van der Waals surface area contributed by atoms with Crippen molar-refractivity contribution in [2.24, 2.45) is 17.8 Å². The maximum atomic E-state index is 13.9. The number of esters is 1. The van der Waals surface area contributed by atoms with Gasteiger partial charge in [0.15, 0.2) is 0 Å². The highest BCUT2D eigenvalue weighted by Crippen LogP contribution is 2.46. The number of amides is 3. The number of nitrogens with zero attached hydrogens (tertiary/aromatic N) is 1. The average Bonchev–Trinajstić information content (AvgIpc) is 3.33. The Morgan fingerprint density at radius 1 is 1.21 bits per heavy atom. The van der Waals surface area contributed by atoms with E-state index < -0.39 is 35.3 Å². The van der Waals surface area contributed by atoms with Gasteiger partial charge in [0.1, 0.15) is 23.2 Å². The molecule has 1 aliphatic carbocycles. The summed E-state index contributed by atoms with van der Waals surface area (Å²) in [6, 6.07) is -1.50. The van der Waals surface area contributed by atoms with Crippen LogP contribution in [0, 0.1) is 17.8 Å². The highest BCUT2D eigenvalue weighted by Gasteiger charge is 2.62. The van der Waals surface area contributed by atoms with Crippen LogP contribution in [0.15, 0.2) is 12.2 Å². The fourth-order valence-corrected chi connectivity index (χ4v) is 5.72. The summed E-state index contributed by atoms with van der Waals surface area (Å²) in [5, 5.41) is 5.79. The molecule has 1 saturated heterocycles. The molecular weight excluding hydrogens is 486 g/mol. The Morgan fingerprint density at radius 3 is 2.61 bits per heavy atom. The van der Waals surface area contributed by atoms with Crippen LogP contribution >= 0.6 is 0 Å². The van der Waals surface area contributed by atoms with Crippen LogP contribution in [-0.2, 0) is 23.9 Å². The molecule has 2 heterocycles. The number of ether oxygens (including phenoxy) is 2. The molecule has 0 spiro atoms. The number of fused-ring (bicyclic) bond motifs is 2. The van der Waals surface area contributed by atoms with E-state index in [1.165, 1.54) is 0 Å². The molecule has 0 unspecified atom stereocenters. The third kappa shape index (κ3) is 7.73. The van der Waals surface area contributed by atoms with Crippen molar-refractivity contribution in [3.05, 3.63) is 12.2 Å². The second-order valence-corrected chi connectivity index (χ2v) is 12.5. The van der Waals surface area contributed by atoms with E-state index in [1.54, 1.807) is 32.6 Å². The molecule has 0 aromatic heterocycles. The normalized spacial score (nSPS) is 31.3. The molecule has 0 aromatic carbocycles. The quantitative estimate of drug-likeness (QED) is 0.406. The maximum Gasteiger partial charge on any atom is 0.408 e. The van der Waals surface area contributed by atoms with Crippen LogP contribution in [0.4, 0.5) is 4.79 Å². The van der Waals surface area contributed by atoms with Gasteiger partial charge in [-0.1, -0.05) is 38.8 Å². The first kappa shape index (κ1) is 30.0. The van der Waals surface area contributed by atoms with Crippen LogP contribution in [0.25, 0.3) is 0 Å². The van der Waals surface area contributed by atoms with E-state index in [1.807, 2.05) is 6.08 Å². The van der Waals surface area contributed by atoms with E-state index in [-0.39, 0.29) is 30.3 Å². The second kappa shape index (κ2) is 12.5. The van der Waals surface area contributed by atoms with E-state index in [9.17, 15) is 19.2 Å². The van der Waals surface area contributed by atoms with Crippen LogP contribution in [0.1, 0.15) is 92.9 Å². The Morgan fingerprint density at radius 2 is 1.95 bits per heavy atom. The summed E-state index contributed by atoms with van der Waals surface area (Å²) in [6.45, 7) is 12.0. The number of alkyl carbamates (subject to hydrolysis) is 1. The molecule has 0 aromatic rings. The third-order valence-electron chi connectivity index (χ3n) is 7.50. The van der Waals surface area contributed by atoms with E-state index in [2.05, 4.69) is 30.6 Å². The van der Waals surface area contributed by atoms with Crippen LogP contribution in [0.3, 0.4) is 0 Å². The fourth-order valence-electron chi connectivity index (χ4n) is 5.72. The van der Waals surface area contributed by atoms with Crippen LogP contribution in [0.5, 0.6) is 0 Å². The van der Waals surface area contributed by atoms with Crippen molar-refractivity contribution in [1.82, 2.24) is 15.5 Å². The van der Waals surface area contributed by atoms with Gasteiger partial charge in [0.05, 0.1) is 6.61 Å². The molecule has 9 heteroatoms. The molecule has 5 atom stereocenters. The molecule has 38 heavy (non-hydrogen) atoms. The van der Waals surface area contributed by atoms with E-state index in [0.29, 0.717) is 31.7 Å². The summed E-state index contributed by atoms with van der Waals surface area (Å²) in [5.74, 6) is -0.576. The molecule has 214 valence electrons. The SMILES string of the molecule is CCOC(=O)[C@@]12C[C@@H]1/C=C\CCCCC[C@H](NC(=O)OC(C)(C)C)C(=O)N1C[C@H](CC(C)C)C[C@H]1C(=O)N2. The fraction of sp³-hybridized carbons (Fsp3) is 0.793. The average molecular weight is 534 g/mol. The first-order valence-electron chi connectivity index (χ1n) is 14.3. The van der Waals surface area contributed by atoms with E-state index in [4.69, 9.17) is 9.47 Å². The Balaban J connectivity index is 1.89. The Hall–Kier alpha value is -2.58. The lowest BCUT2D eigenvalue weighted by Gasteiger charge is -2.30. The summed E-state index contributed by atoms with van der Waals surface area (Å²) in [4.78, 5) is 54.9. The Kier molecular flexibility index (Phi) is 9.87. The number of nitrogens with one attached hydrogen (secondary N) is 2. The zero-order chi connectivity index (χ0) is 28.1. The van der Waals surface area contributed by atoms with Crippen molar-refractivity contribution in [3.63, 3.8) is 0 Å². The minimum Gasteiger partial charge on any atom is -0.464 e. The number of carbonyl (C=O) groups excluding carboxylic acids is 4. The van der Waals surface area contributed by atoms with Crippen molar-refractivity contribution in [3.8, 4) is 0 Å². The lowest BCUT2D eigenvalue weighted by Crippen LogP contribution is -2.56. The minimum atomic E-state index is -1.08. The van der Waals surface area contributed by atoms with Gasteiger partial charge in [0.25, 0.3) is 0 Å². The molecule has 3 rings (SSSR count). The van der Waals surface area contributed by atoms with Crippen molar-refractivity contribution in [1.29, 1.82) is 0 Å². The van der Waals surface area contributed by atoms with Gasteiger partial charge >= 0.3 is 12.1 Å². The lowest BCUT2D eigenvalue weighted by atomic mass is 9.94. The number of allylic oxidation sites excluding steroid dienone is 1. The first-order valence-corrected chi connectivity index (χ1v) is 14.3. The molecule has 2 N–H and O–H groups in total. The van der Waals surface area contributed by atoms with E-state index in [0.717, 1.165) is 32.1 Å². The summed E-state index contributed by atoms with van der Waals surface area (Å²) >= 11 is 0. The zero-order valence-electron chi connectivity index (χ0n) is 24.0. The number of carbonyl (C=O) groups is 4. The Labute approximate surface area is 227 Å². The van der Waals surface area contributed by atoms with Crippen molar-refractivity contribution in [2.45, 2.75) is 116 Å². The van der Waals surface area contributed by atoms with E-state index >= 15 is 0 Å². The number of hydrogen-bond acceptors (Lipinski definition) is 6. The smallest absolute Gasteiger partial charge is 0.408 e. The van der Waals surface area contributed by atoms with Crippen molar-refractivity contribution >= 4 is 23.9 Å². The molecule has 3 amide bonds. The molecule has 2 aliphatic heterocycles. The molecule has 3 aliphatic rings. The summed E-state index contributed by atoms with van der Waals surface area (Å²) in [5.41, 5.74) is -1.78. The zero-order valence-corrected chi connectivity index (χ0v) is 24.0. The predicted octanol–water partition coefficient (Wildman–Crippen LogP) is 4.10. The second-order valence-electron chi connectivity index (χ2n) is 12.5. The van der Waals surface area contributed by atoms with Gasteiger partial charge in [0.2, 0.25) is 11.8 Å². The van der Waals surface area contributed by atoms with Crippen LogP contribution < -0.4 is 10.6 Å². The summed E-state index contributed by atoms with van der Waals surface area (Å²) in [6.07, 6.45) is 9.24. The number of rotatable bonds is 5. The first-order chi connectivity index (χ1) is 17.9. The van der Waals surface area contributed by atoms with Crippen molar-refractivity contribution in [2.75, 3.05) is 13.2 Å². The summed E-state index contributed by atoms with van der Waals surface area (Å²) in [7, 11) is 0. The van der Waals surface area contributed by atoms with Crippen LogP contribution in [-0.4, -0.2) is 65.2 Å². The molecule has 0 bridgehead atoms. The minimum absolute atomic E-state index is 0.116. The lowest BCUT2D eigenvalue weighted by molar-refractivity contribution is -0.150. The van der Waals surface area contributed by atoms with Gasteiger partial charge in [0, 0.05) is 12.5 Å². The largest absolute Gasteiger partial charge is 0.464 e. The maximum absolute atomic E-state index is 13.9. The van der Waals surface area contributed by atoms with Gasteiger partial charge in [-0.15, -0.1) is 0 Å². The summed E-state index contributed by atoms with van der Waals surface area (Å²) < 4.78 is 10.8. The highest BCUT2D eigenvalue weighted by molar-refractivity contribution is 5.96. The monoisotopic (exact) mass is 533 g/mol.